The van der Waals surface area contributed by atoms with Crippen molar-refractivity contribution in [2.75, 3.05) is 13.1 Å². The molecule has 2 aromatic rings. The van der Waals surface area contributed by atoms with Gasteiger partial charge < -0.3 is 5.11 Å². The number of aromatic nitrogens is 2. The Hall–Kier alpha value is -2.19. The summed E-state index contributed by atoms with van der Waals surface area (Å²) in [6, 6.07) is 6.01. The van der Waals surface area contributed by atoms with Gasteiger partial charge in [0, 0.05) is 25.5 Å². The summed E-state index contributed by atoms with van der Waals surface area (Å²) in [6.45, 7) is 2.45. The molecule has 0 spiro atoms. The van der Waals surface area contributed by atoms with Crippen molar-refractivity contribution in [3.63, 3.8) is 0 Å². The number of carbonyl (C=O) groups is 1. The van der Waals surface area contributed by atoms with E-state index in [1.807, 2.05) is 12.3 Å². The molecule has 2 heterocycles. The fourth-order valence-corrected chi connectivity index (χ4v) is 4.67. The molecule has 128 valence electrons. The molecule has 0 bridgehead atoms. The van der Waals surface area contributed by atoms with Crippen LogP contribution in [0.25, 0.3) is 0 Å². The predicted molar refractivity (Wildman–Crippen MR) is 87.4 cm³/mol. The second-order valence-corrected chi connectivity index (χ2v) is 7.92. The highest BCUT2D eigenvalue weighted by atomic mass is 32.2. The molecule has 1 fully saturated rings. The van der Waals surface area contributed by atoms with Gasteiger partial charge in [-0.3, -0.25) is 4.68 Å². The number of carboxylic acids is 1. The molecular formula is C16H19N3O4S. The standard InChI is InChI=1S/C16H19N3O4S/c1-12-8-13(16(20)21)10-15(9-12)24(22,23)18-6-2-4-14(11-18)19-7-3-5-17-19/h3,5,7-10,14H,2,4,6,11H2,1H3,(H,20,21). The third kappa shape index (κ3) is 3.20. The molecule has 1 atom stereocenters. The van der Waals surface area contributed by atoms with E-state index in [1.54, 1.807) is 17.8 Å². The lowest BCUT2D eigenvalue weighted by Gasteiger charge is -2.32. The molecule has 1 aliphatic rings. The van der Waals surface area contributed by atoms with Crippen LogP contribution in [0.3, 0.4) is 0 Å². The quantitative estimate of drug-likeness (QED) is 0.910. The van der Waals surface area contributed by atoms with E-state index in [2.05, 4.69) is 5.10 Å². The molecule has 0 radical (unpaired) electrons. The van der Waals surface area contributed by atoms with E-state index >= 15 is 0 Å². The lowest BCUT2D eigenvalue weighted by atomic mass is 10.1. The third-order valence-corrected chi connectivity index (χ3v) is 6.04. The summed E-state index contributed by atoms with van der Waals surface area (Å²) in [6.07, 6.45) is 5.10. The summed E-state index contributed by atoms with van der Waals surface area (Å²) in [4.78, 5) is 11.2. The first-order valence-corrected chi connectivity index (χ1v) is 9.16. The Labute approximate surface area is 140 Å². The van der Waals surface area contributed by atoms with Crippen LogP contribution in [0.5, 0.6) is 0 Å². The van der Waals surface area contributed by atoms with Gasteiger partial charge in [0.15, 0.2) is 0 Å². The summed E-state index contributed by atoms with van der Waals surface area (Å²) in [5.74, 6) is -1.14. The lowest BCUT2D eigenvalue weighted by molar-refractivity contribution is 0.0696. The number of aromatic carboxylic acids is 1. The second-order valence-electron chi connectivity index (χ2n) is 5.99. The van der Waals surface area contributed by atoms with Gasteiger partial charge in [0.25, 0.3) is 0 Å². The minimum Gasteiger partial charge on any atom is -0.478 e. The van der Waals surface area contributed by atoms with Crippen LogP contribution >= 0.6 is 0 Å². The minimum absolute atomic E-state index is 0.00715. The largest absolute Gasteiger partial charge is 0.478 e. The molecule has 1 saturated heterocycles. The summed E-state index contributed by atoms with van der Waals surface area (Å²) in [7, 11) is -3.74. The number of hydrogen-bond donors (Lipinski definition) is 1. The molecule has 1 aromatic heterocycles. The zero-order valence-corrected chi connectivity index (χ0v) is 14.1. The summed E-state index contributed by atoms with van der Waals surface area (Å²) in [5, 5.41) is 13.4. The van der Waals surface area contributed by atoms with Crippen LogP contribution < -0.4 is 0 Å². The van der Waals surface area contributed by atoms with Gasteiger partial charge in [-0.15, -0.1) is 0 Å². The summed E-state index contributed by atoms with van der Waals surface area (Å²) in [5.41, 5.74) is 0.586. The van der Waals surface area contributed by atoms with Gasteiger partial charge in [-0.2, -0.15) is 9.40 Å². The van der Waals surface area contributed by atoms with Crippen molar-refractivity contribution in [1.82, 2.24) is 14.1 Å². The maximum atomic E-state index is 12.9. The Morgan fingerprint density at radius 2 is 2.12 bits per heavy atom. The van der Waals surface area contributed by atoms with E-state index in [1.165, 1.54) is 22.5 Å². The highest BCUT2D eigenvalue weighted by molar-refractivity contribution is 7.89. The van der Waals surface area contributed by atoms with Crippen LogP contribution in [0.1, 0.15) is 34.8 Å². The van der Waals surface area contributed by atoms with Gasteiger partial charge in [0.2, 0.25) is 10.0 Å². The Morgan fingerprint density at radius 3 is 2.79 bits per heavy atom. The highest BCUT2D eigenvalue weighted by Crippen LogP contribution is 2.27. The van der Waals surface area contributed by atoms with Crippen molar-refractivity contribution in [2.24, 2.45) is 0 Å². The third-order valence-electron chi connectivity index (χ3n) is 4.19. The topological polar surface area (TPSA) is 92.5 Å². The second kappa shape index (κ2) is 6.37. The van der Waals surface area contributed by atoms with E-state index < -0.39 is 16.0 Å². The van der Waals surface area contributed by atoms with Crippen LogP contribution in [0.15, 0.2) is 41.6 Å². The van der Waals surface area contributed by atoms with Crippen molar-refractivity contribution in [3.8, 4) is 0 Å². The number of nitrogens with zero attached hydrogens (tertiary/aromatic N) is 3. The van der Waals surface area contributed by atoms with Gasteiger partial charge in [0.1, 0.15) is 0 Å². The van der Waals surface area contributed by atoms with Gasteiger partial charge in [-0.1, -0.05) is 0 Å². The first kappa shape index (κ1) is 16.7. The van der Waals surface area contributed by atoms with Crippen LogP contribution in [0, 0.1) is 6.92 Å². The van der Waals surface area contributed by atoms with E-state index in [9.17, 15) is 13.2 Å². The number of rotatable bonds is 4. The van der Waals surface area contributed by atoms with E-state index in [0.717, 1.165) is 12.8 Å². The number of hydrogen-bond acceptors (Lipinski definition) is 4. The maximum absolute atomic E-state index is 12.9. The molecule has 0 amide bonds. The fraction of sp³-hybridized carbons (Fsp3) is 0.375. The monoisotopic (exact) mass is 349 g/mol. The van der Waals surface area contributed by atoms with E-state index in [-0.39, 0.29) is 16.5 Å². The van der Waals surface area contributed by atoms with Crippen LogP contribution in [-0.4, -0.2) is 46.7 Å². The van der Waals surface area contributed by atoms with Crippen molar-refractivity contribution >= 4 is 16.0 Å². The minimum atomic E-state index is -3.74. The Bertz CT molecular complexity index is 846. The summed E-state index contributed by atoms with van der Waals surface area (Å²) >= 11 is 0. The van der Waals surface area contributed by atoms with Crippen molar-refractivity contribution in [2.45, 2.75) is 30.7 Å². The molecule has 1 N–H and O–H groups in total. The summed E-state index contributed by atoms with van der Waals surface area (Å²) < 4.78 is 29.1. The molecule has 3 rings (SSSR count). The number of aryl methyl sites for hydroxylation is 1. The molecule has 7 nitrogen and oxygen atoms in total. The zero-order valence-electron chi connectivity index (χ0n) is 13.3. The van der Waals surface area contributed by atoms with Gasteiger partial charge >= 0.3 is 5.97 Å². The average molecular weight is 349 g/mol. The Morgan fingerprint density at radius 1 is 1.33 bits per heavy atom. The van der Waals surface area contributed by atoms with Gasteiger partial charge in [-0.25, -0.2) is 13.2 Å². The number of sulfonamides is 1. The normalized spacial score (nSPS) is 19.3. The SMILES string of the molecule is Cc1cc(C(=O)O)cc(S(=O)(=O)N2CCCC(n3cccn3)C2)c1. The molecule has 24 heavy (non-hydrogen) atoms. The van der Waals surface area contributed by atoms with Crippen LogP contribution in [0.2, 0.25) is 0 Å². The molecular weight excluding hydrogens is 330 g/mol. The smallest absolute Gasteiger partial charge is 0.335 e. The predicted octanol–water partition coefficient (Wildman–Crippen LogP) is 1.92. The number of carboxylic acid groups (broad SMARTS) is 1. The molecule has 0 aliphatic carbocycles. The van der Waals surface area contributed by atoms with E-state index in [0.29, 0.717) is 18.7 Å². The Kier molecular flexibility index (Phi) is 4.42. The maximum Gasteiger partial charge on any atom is 0.335 e. The van der Waals surface area contributed by atoms with Crippen molar-refractivity contribution in [3.05, 3.63) is 47.8 Å². The fourth-order valence-electron chi connectivity index (χ4n) is 3.02. The molecule has 1 aromatic carbocycles. The van der Waals surface area contributed by atoms with Gasteiger partial charge in [-0.05, 0) is 49.6 Å². The van der Waals surface area contributed by atoms with Crippen molar-refractivity contribution in [1.29, 1.82) is 0 Å². The van der Waals surface area contributed by atoms with Crippen LogP contribution in [0.4, 0.5) is 0 Å². The van der Waals surface area contributed by atoms with Crippen molar-refractivity contribution < 1.29 is 18.3 Å². The number of benzene rings is 1. The lowest BCUT2D eigenvalue weighted by Crippen LogP contribution is -2.40. The first-order chi connectivity index (χ1) is 11.4. The zero-order chi connectivity index (χ0) is 17.3. The number of piperidine rings is 1. The first-order valence-electron chi connectivity index (χ1n) is 7.72. The molecule has 1 aliphatic heterocycles. The molecule has 0 saturated carbocycles. The molecule has 1 unspecified atom stereocenters. The average Bonchev–Trinajstić information content (AvgIpc) is 3.09. The van der Waals surface area contributed by atoms with E-state index in [4.69, 9.17) is 5.11 Å². The van der Waals surface area contributed by atoms with Gasteiger partial charge in [0.05, 0.1) is 16.5 Å². The highest BCUT2D eigenvalue weighted by Gasteiger charge is 2.31. The molecule has 8 heteroatoms. The van der Waals surface area contributed by atoms with Crippen LogP contribution in [-0.2, 0) is 10.0 Å². The Balaban J connectivity index is 1.91.